The van der Waals surface area contributed by atoms with Crippen LogP contribution in [0.15, 0.2) is 18.2 Å². The number of ether oxygens (including phenoxy) is 1. The van der Waals surface area contributed by atoms with Gasteiger partial charge in [-0.3, -0.25) is 4.79 Å². The molecule has 2 N–H and O–H groups in total. The molecule has 1 aromatic carbocycles. The Morgan fingerprint density at radius 3 is 2.83 bits per heavy atom. The van der Waals surface area contributed by atoms with Crippen LogP contribution in [-0.4, -0.2) is 30.6 Å². The first kappa shape index (κ1) is 11.5. The molecule has 2 heterocycles. The zero-order chi connectivity index (χ0) is 12.5. The molecule has 18 heavy (non-hydrogen) atoms. The summed E-state index contributed by atoms with van der Waals surface area (Å²) in [6, 6.07) is 5.71. The molecule has 3 rings (SSSR count). The average Bonchev–Trinajstić information content (AvgIpc) is 2.69. The lowest BCUT2D eigenvalue weighted by Gasteiger charge is -2.26. The summed E-state index contributed by atoms with van der Waals surface area (Å²) < 4.78 is 5.35. The molecule has 1 aromatic rings. The van der Waals surface area contributed by atoms with Gasteiger partial charge in [0, 0.05) is 32.0 Å². The van der Waals surface area contributed by atoms with Crippen molar-refractivity contribution in [2.45, 2.75) is 19.4 Å². The molecule has 2 aliphatic rings. The Bertz CT molecular complexity index is 467. The zero-order valence-corrected chi connectivity index (χ0v) is 10.4. The molecule has 0 saturated carbocycles. The predicted octanol–water partition coefficient (Wildman–Crippen LogP) is 1.65. The van der Waals surface area contributed by atoms with Gasteiger partial charge in [-0.2, -0.15) is 0 Å². The van der Waals surface area contributed by atoms with E-state index in [4.69, 9.17) is 10.5 Å². The van der Waals surface area contributed by atoms with Gasteiger partial charge in [0.2, 0.25) is 0 Å². The van der Waals surface area contributed by atoms with Gasteiger partial charge in [-0.25, -0.2) is 0 Å². The SMILES string of the molecule is Nc1cccc2c1C(=O)N(CC1CCOCC1)C2. The molecule has 0 aromatic heterocycles. The van der Waals surface area contributed by atoms with Gasteiger partial charge < -0.3 is 15.4 Å². The largest absolute Gasteiger partial charge is 0.398 e. The normalized spacial score (nSPS) is 20.2. The number of anilines is 1. The topological polar surface area (TPSA) is 55.6 Å². The van der Waals surface area contributed by atoms with Crippen molar-refractivity contribution in [1.29, 1.82) is 0 Å². The first-order chi connectivity index (χ1) is 8.75. The van der Waals surface area contributed by atoms with Gasteiger partial charge in [0.1, 0.15) is 0 Å². The summed E-state index contributed by atoms with van der Waals surface area (Å²) in [5.41, 5.74) is 8.27. The van der Waals surface area contributed by atoms with Crippen LogP contribution in [0.3, 0.4) is 0 Å². The molecule has 0 bridgehead atoms. The van der Waals surface area contributed by atoms with E-state index < -0.39 is 0 Å². The van der Waals surface area contributed by atoms with Gasteiger partial charge in [0.05, 0.1) is 5.56 Å². The van der Waals surface area contributed by atoms with Crippen molar-refractivity contribution in [2.75, 3.05) is 25.5 Å². The fourth-order valence-electron chi connectivity index (χ4n) is 2.84. The maximum absolute atomic E-state index is 12.3. The van der Waals surface area contributed by atoms with E-state index in [0.29, 0.717) is 23.7 Å². The molecule has 0 radical (unpaired) electrons. The number of nitrogens with two attached hydrogens (primary N) is 1. The number of fused-ring (bicyclic) bond motifs is 1. The fourth-order valence-corrected chi connectivity index (χ4v) is 2.84. The molecule has 0 aliphatic carbocycles. The van der Waals surface area contributed by atoms with Crippen LogP contribution in [0.25, 0.3) is 0 Å². The van der Waals surface area contributed by atoms with Crippen molar-refractivity contribution in [2.24, 2.45) is 5.92 Å². The minimum absolute atomic E-state index is 0.0922. The first-order valence-corrected chi connectivity index (χ1v) is 6.50. The number of benzene rings is 1. The van der Waals surface area contributed by atoms with Crippen molar-refractivity contribution in [3.63, 3.8) is 0 Å². The second-order valence-corrected chi connectivity index (χ2v) is 5.12. The Hall–Kier alpha value is -1.55. The third kappa shape index (κ3) is 1.97. The first-order valence-electron chi connectivity index (χ1n) is 6.50. The van der Waals surface area contributed by atoms with E-state index in [2.05, 4.69) is 0 Å². The monoisotopic (exact) mass is 246 g/mol. The molecular formula is C14H18N2O2. The molecular weight excluding hydrogens is 228 g/mol. The smallest absolute Gasteiger partial charge is 0.256 e. The molecule has 1 fully saturated rings. The third-order valence-electron chi connectivity index (χ3n) is 3.86. The standard InChI is InChI=1S/C14H18N2O2/c15-12-3-1-2-11-9-16(14(17)13(11)12)8-10-4-6-18-7-5-10/h1-3,10H,4-9,15H2. The quantitative estimate of drug-likeness (QED) is 0.807. The highest BCUT2D eigenvalue weighted by Gasteiger charge is 2.30. The number of amides is 1. The lowest BCUT2D eigenvalue weighted by atomic mass is 10.00. The van der Waals surface area contributed by atoms with Crippen molar-refractivity contribution in [3.05, 3.63) is 29.3 Å². The van der Waals surface area contributed by atoms with E-state index >= 15 is 0 Å². The summed E-state index contributed by atoms with van der Waals surface area (Å²) >= 11 is 0. The molecule has 1 saturated heterocycles. The molecule has 96 valence electrons. The van der Waals surface area contributed by atoms with Crippen molar-refractivity contribution in [3.8, 4) is 0 Å². The van der Waals surface area contributed by atoms with Gasteiger partial charge in [0.25, 0.3) is 5.91 Å². The third-order valence-corrected chi connectivity index (χ3v) is 3.86. The van der Waals surface area contributed by atoms with Crippen molar-refractivity contribution in [1.82, 2.24) is 4.90 Å². The fraction of sp³-hybridized carbons (Fsp3) is 0.500. The summed E-state index contributed by atoms with van der Waals surface area (Å²) in [7, 11) is 0. The average molecular weight is 246 g/mol. The number of carbonyl (C=O) groups is 1. The molecule has 2 aliphatic heterocycles. The van der Waals surface area contributed by atoms with Crippen LogP contribution in [0.1, 0.15) is 28.8 Å². The summed E-state index contributed by atoms with van der Waals surface area (Å²) in [5, 5.41) is 0. The van der Waals surface area contributed by atoms with Gasteiger partial charge in [0.15, 0.2) is 0 Å². The van der Waals surface area contributed by atoms with Crippen molar-refractivity contribution >= 4 is 11.6 Å². The number of carbonyl (C=O) groups excluding carboxylic acids is 1. The molecule has 4 nitrogen and oxygen atoms in total. The van der Waals surface area contributed by atoms with Crippen LogP contribution in [0.4, 0.5) is 5.69 Å². The minimum Gasteiger partial charge on any atom is -0.398 e. The number of hydrogen-bond donors (Lipinski definition) is 1. The van der Waals surface area contributed by atoms with Crippen LogP contribution < -0.4 is 5.73 Å². The second kappa shape index (κ2) is 4.61. The van der Waals surface area contributed by atoms with E-state index in [1.807, 2.05) is 17.0 Å². The van der Waals surface area contributed by atoms with Crippen LogP contribution in [0, 0.1) is 5.92 Å². The summed E-state index contributed by atoms with van der Waals surface area (Å²) in [6.07, 6.45) is 2.10. The highest BCUT2D eigenvalue weighted by Crippen LogP contribution is 2.29. The Labute approximate surface area is 107 Å². The second-order valence-electron chi connectivity index (χ2n) is 5.12. The van der Waals surface area contributed by atoms with E-state index in [9.17, 15) is 4.79 Å². The van der Waals surface area contributed by atoms with E-state index in [1.165, 1.54) is 0 Å². The maximum Gasteiger partial charge on any atom is 0.256 e. The van der Waals surface area contributed by atoms with E-state index in [0.717, 1.165) is 38.2 Å². The van der Waals surface area contributed by atoms with Gasteiger partial charge >= 0.3 is 0 Å². The van der Waals surface area contributed by atoms with E-state index in [-0.39, 0.29) is 5.91 Å². The van der Waals surface area contributed by atoms with Gasteiger partial charge in [-0.05, 0) is 30.4 Å². The Morgan fingerprint density at radius 2 is 2.11 bits per heavy atom. The lowest BCUT2D eigenvalue weighted by molar-refractivity contribution is 0.0469. The van der Waals surface area contributed by atoms with Crippen molar-refractivity contribution < 1.29 is 9.53 Å². The zero-order valence-electron chi connectivity index (χ0n) is 10.4. The molecule has 0 spiro atoms. The number of nitrogens with zero attached hydrogens (tertiary/aromatic N) is 1. The Balaban J connectivity index is 1.74. The van der Waals surface area contributed by atoms with E-state index in [1.54, 1.807) is 6.07 Å². The Morgan fingerprint density at radius 1 is 1.33 bits per heavy atom. The highest BCUT2D eigenvalue weighted by molar-refractivity contribution is 6.03. The minimum atomic E-state index is 0.0922. The molecule has 1 amide bonds. The maximum atomic E-state index is 12.3. The van der Waals surface area contributed by atoms with Crippen LogP contribution >= 0.6 is 0 Å². The van der Waals surface area contributed by atoms with Gasteiger partial charge in [-0.15, -0.1) is 0 Å². The summed E-state index contributed by atoms with van der Waals surface area (Å²) in [5.74, 6) is 0.660. The lowest BCUT2D eigenvalue weighted by Crippen LogP contribution is -2.32. The number of rotatable bonds is 2. The van der Waals surface area contributed by atoms with Crippen LogP contribution in [0.5, 0.6) is 0 Å². The van der Waals surface area contributed by atoms with Crippen LogP contribution in [-0.2, 0) is 11.3 Å². The predicted molar refractivity (Wildman–Crippen MR) is 69.1 cm³/mol. The molecule has 0 unspecified atom stereocenters. The summed E-state index contributed by atoms with van der Waals surface area (Å²) in [6.45, 7) is 3.18. The Kier molecular flexibility index (Phi) is 2.96. The van der Waals surface area contributed by atoms with Gasteiger partial charge in [-0.1, -0.05) is 12.1 Å². The summed E-state index contributed by atoms with van der Waals surface area (Å²) in [4.78, 5) is 14.2. The molecule has 4 heteroatoms. The number of nitrogen functional groups attached to an aromatic ring is 1. The number of hydrogen-bond acceptors (Lipinski definition) is 3. The highest BCUT2D eigenvalue weighted by atomic mass is 16.5. The molecule has 0 atom stereocenters. The van der Waals surface area contributed by atoms with Crippen LogP contribution in [0.2, 0.25) is 0 Å².